The van der Waals surface area contributed by atoms with E-state index in [1.54, 1.807) is 18.0 Å². The minimum atomic E-state index is -0.346. The second-order valence-corrected chi connectivity index (χ2v) is 12.9. The van der Waals surface area contributed by atoms with Crippen LogP contribution in [0.5, 0.6) is 0 Å². The number of carbonyl (C=O) groups is 3. The normalized spacial score (nSPS) is 25.5. The number of nitrogens with zero attached hydrogens (tertiary/aromatic N) is 3. The highest BCUT2D eigenvalue weighted by molar-refractivity contribution is 6.42. The molecule has 2 aliphatic heterocycles. The zero-order valence-corrected chi connectivity index (χ0v) is 24.0. The van der Waals surface area contributed by atoms with Gasteiger partial charge < -0.3 is 19.4 Å². The summed E-state index contributed by atoms with van der Waals surface area (Å²) in [6, 6.07) is 5.31. The predicted octanol–water partition coefficient (Wildman–Crippen LogP) is 5.59. The van der Waals surface area contributed by atoms with E-state index in [0.29, 0.717) is 61.6 Å². The van der Waals surface area contributed by atoms with E-state index in [9.17, 15) is 14.4 Å². The summed E-state index contributed by atoms with van der Waals surface area (Å²) in [6.07, 6.45) is 7.56. The van der Waals surface area contributed by atoms with E-state index < -0.39 is 0 Å². The van der Waals surface area contributed by atoms with Gasteiger partial charge in [0.05, 0.1) is 22.7 Å². The van der Waals surface area contributed by atoms with Gasteiger partial charge >= 0.3 is 6.09 Å². The molecule has 2 saturated heterocycles. The molecule has 208 valence electrons. The predicted molar refractivity (Wildman–Crippen MR) is 147 cm³/mol. The third kappa shape index (κ3) is 5.79. The quantitative estimate of drug-likeness (QED) is 0.452. The number of hydrogen-bond acceptors (Lipinski definition) is 4. The molecule has 0 bridgehead atoms. The molecule has 2 saturated carbocycles. The first-order chi connectivity index (χ1) is 18.2. The van der Waals surface area contributed by atoms with Gasteiger partial charge in [-0.1, -0.05) is 49.0 Å². The van der Waals surface area contributed by atoms with Crippen LogP contribution in [0.25, 0.3) is 0 Å². The highest BCUT2D eigenvalue weighted by atomic mass is 35.5. The molecule has 2 heterocycles. The number of halogens is 2. The van der Waals surface area contributed by atoms with Crippen molar-refractivity contribution in [3.8, 4) is 0 Å². The maximum Gasteiger partial charge on any atom is 0.409 e. The minimum absolute atomic E-state index is 0.103. The Hall–Kier alpha value is -1.99. The summed E-state index contributed by atoms with van der Waals surface area (Å²) in [7, 11) is 1.77. The average molecular weight is 565 g/mol. The molecule has 0 spiro atoms. The van der Waals surface area contributed by atoms with E-state index >= 15 is 0 Å². The average Bonchev–Trinajstić information content (AvgIpc) is 3.30. The standard InChI is InChI=1S/C29H39Cl2N3O4/c1-29(11-12-29)27(36)33-13-9-20(10-14-33)26(35)34-16-22(21-7-8-23(30)24(31)15-21)25(17-34)32(2)28(37)38-18-19-5-3-4-6-19/h7-8,15,19-20,22,25H,3-6,9-14,16-18H2,1-2H3/t22-,25+/m1/s1. The fourth-order valence-electron chi connectivity index (χ4n) is 6.40. The highest BCUT2D eigenvalue weighted by Gasteiger charge is 2.48. The van der Waals surface area contributed by atoms with Gasteiger partial charge in [0.2, 0.25) is 11.8 Å². The maximum absolute atomic E-state index is 13.7. The van der Waals surface area contributed by atoms with Gasteiger partial charge in [-0.05, 0) is 62.1 Å². The number of ether oxygens (including phenoxy) is 1. The summed E-state index contributed by atoms with van der Waals surface area (Å²) < 4.78 is 5.70. The molecule has 9 heteroatoms. The zero-order valence-electron chi connectivity index (χ0n) is 22.5. The van der Waals surface area contributed by atoms with Crippen molar-refractivity contribution >= 4 is 41.1 Å². The monoisotopic (exact) mass is 563 g/mol. The molecular weight excluding hydrogens is 525 g/mol. The van der Waals surface area contributed by atoms with Crippen molar-refractivity contribution in [2.75, 3.05) is 39.8 Å². The van der Waals surface area contributed by atoms with Crippen LogP contribution >= 0.6 is 23.2 Å². The number of likely N-dealkylation sites (tertiary alicyclic amines) is 2. The molecule has 4 aliphatic rings. The van der Waals surface area contributed by atoms with E-state index in [0.717, 1.165) is 31.2 Å². The first-order valence-corrected chi connectivity index (χ1v) is 14.8. The van der Waals surface area contributed by atoms with E-state index in [1.165, 1.54) is 12.8 Å². The molecule has 7 nitrogen and oxygen atoms in total. The molecular formula is C29H39Cl2N3O4. The van der Waals surface area contributed by atoms with E-state index in [1.807, 2.05) is 28.9 Å². The summed E-state index contributed by atoms with van der Waals surface area (Å²) in [6.45, 7) is 4.69. The Kier molecular flexibility index (Phi) is 8.16. The zero-order chi connectivity index (χ0) is 27.0. The lowest BCUT2D eigenvalue weighted by atomic mass is 9.93. The molecule has 2 aliphatic carbocycles. The van der Waals surface area contributed by atoms with Gasteiger partial charge in [-0.15, -0.1) is 0 Å². The summed E-state index contributed by atoms with van der Waals surface area (Å²) in [4.78, 5) is 45.0. The van der Waals surface area contributed by atoms with Crippen molar-refractivity contribution in [1.29, 1.82) is 0 Å². The Bertz CT molecular complexity index is 1060. The van der Waals surface area contributed by atoms with Gasteiger partial charge in [-0.3, -0.25) is 9.59 Å². The van der Waals surface area contributed by atoms with E-state index in [4.69, 9.17) is 27.9 Å². The summed E-state index contributed by atoms with van der Waals surface area (Å²) in [5.74, 6) is 0.574. The lowest BCUT2D eigenvalue weighted by Crippen LogP contribution is -2.46. The number of hydrogen-bond donors (Lipinski definition) is 0. The second-order valence-electron chi connectivity index (χ2n) is 12.1. The molecule has 3 amide bonds. The van der Waals surface area contributed by atoms with Gasteiger partial charge in [-0.2, -0.15) is 0 Å². The maximum atomic E-state index is 13.7. The third-order valence-corrected chi connectivity index (χ3v) is 10.1. The summed E-state index contributed by atoms with van der Waals surface area (Å²) in [5, 5.41) is 0.934. The minimum Gasteiger partial charge on any atom is -0.449 e. The highest BCUT2D eigenvalue weighted by Crippen LogP contribution is 2.47. The lowest BCUT2D eigenvalue weighted by molar-refractivity contribution is -0.142. The van der Waals surface area contributed by atoms with Crippen molar-refractivity contribution in [2.45, 2.75) is 70.3 Å². The molecule has 5 rings (SSSR count). The molecule has 2 atom stereocenters. The number of amides is 3. The molecule has 0 radical (unpaired) electrons. The van der Waals surface area contributed by atoms with Gasteiger partial charge in [0.1, 0.15) is 0 Å². The second kappa shape index (κ2) is 11.2. The molecule has 1 aromatic rings. The van der Waals surface area contributed by atoms with Gasteiger partial charge in [0, 0.05) is 50.5 Å². The van der Waals surface area contributed by atoms with Crippen LogP contribution in [0.1, 0.15) is 69.8 Å². The Labute approximate surface area is 235 Å². The van der Waals surface area contributed by atoms with Gasteiger partial charge in [0.15, 0.2) is 0 Å². The largest absolute Gasteiger partial charge is 0.449 e. The van der Waals surface area contributed by atoms with Crippen LogP contribution < -0.4 is 0 Å². The van der Waals surface area contributed by atoms with Crippen LogP contribution in [0, 0.1) is 17.3 Å². The Morgan fingerprint density at radius 1 is 1.00 bits per heavy atom. The number of likely N-dealkylation sites (N-methyl/N-ethyl adjacent to an activating group) is 1. The van der Waals surface area contributed by atoms with Gasteiger partial charge in [-0.25, -0.2) is 4.79 Å². The summed E-state index contributed by atoms with van der Waals surface area (Å²) >= 11 is 12.5. The molecule has 0 unspecified atom stereocenters. The summed E-state index contributed by atoms with van der Waals surface area (Å²) in [5.41, 5.74) is 0.775. The van der Waals surface area contributed by atoms with Crippen molar-refractivity contribution in [1.82, 2.24) is 14.7 Å². The van der Waals surface area contributed by atoms with E-state index in [2.05, 4.69) is 0 Å². The molecule has 1 aromatic carbocycles. The molecule has 38 heavy (non-hydrogen) atoms. The fourth-order valence-corrected chi connectivity index (χ4v) is 6.71. The van der Waals surface area contributed by atoms with Crippen molar-refractivity contribution in [3.05, 3.63) is 33.8 Å². The van der Waals surface area contributed by atoms with Crippen LogP contribution in [-0.4, -0.2) is 78.5 Å². The Balaban J connectivity index is 1.26. The molecule has 0 N–H and O–H groups in total. The van der Waals surface area contributed by atoms with Gasteiger partial charge in [0.25, 0.3) is 0 Å². The Morgan fingerprint density at radius 2 is 1.68 bits per heavy atom. The van der Waals surface area contributed by atoms with Crippen molar-refractivity contribution in [2.24, 2.45) is 17.3 Å². The Morgan fingerprint density at radius 3 is 2.32 bits per heavy atom. The number of benzene rings is 1. The third-order valence-electron chi connectivity index (χ3n) is 9.32. The van der Waals surface area contributed by atoms with E-state index in [-0.39, 0.29) is 41.2 Å². The number of rotatable bonds is 6. The van der Waals surface area contributed by atoms with Crippen LogP contribution in [0.15, 0.2) is 18.2 Å². The van der Waals surface area contributed by atoms with Crippen LogP contribution in [0.2, 0.25) is 10.0 Å². The topological polar surface area (TPSA) is 70.2 Å². The number of carbonyl (C=O) groups excluding carboxylic acids is 3. The van der Waals surface area contributed by atoms with Crippen molar-refractivity contribution in [3.63, 3.8) is 0 Å². The van der Waals surface area contributed by atoms with Crippen LogP contribution in [-0.2, 0) is 14.3 Å². The molecule has 4 fully saturated rings. The number of piperidine rings is 1. The SMILES string of the molecule is CN(C(=O)OCC1CCCC1)[C@H]1CN(C(=O)C2CCN(C(=O)C3(C)CC3)CC2)C[C@@H]1c1ccc(Cl)c(Cl)c1. The lowest BCUT2D eigenvalue weighted by Gasteiger charge is -2.34. The smallest absolute Gasteiger partial charge is 0.409 e. The first-order valence-electron chi connectivity index (χ1n) is 14.1. The fraction of sp³-hybridized carbons (Fsp3) is 0.690. The first kappa shape index (κ1) is 27.6. The van der Waals surface area contributed by atoms with Crippen LogP contribution in [0.4, 0.5) is 4.79 Å². The van der Waals surface area contributed by atoms with Crippen LogP contribution in [0.3, 0.4) is 0 Å². The van der Waals surface area contributed by atoms with Crippen molar-refractivity contribution < 1.29 is 19.1 Å². The molecule has 0 aromatic heterocycles.